The van der Waals surface area contributed by atoms with Crippen LogP contribution in [-0.4, -0.2) is 40.3 Å². The molecule has 1 N–H and O–H groups in total. The number of nitriles is 1. The monoisotopic (exact) mass is 387 g/mol. The molecule has 2 aromatic rings. The third-order valence-electron chi connectivity index (χ3n) is 3.66. The van der Waals surface area contributed by atoms with Gasteiger partial charge in [-0.05, 0) is 36.4 Å². The van der Waals surface area contributed by atoms with Gasteiger partial charge in [-0.1, -0.05) is 18.2 Å². The van der Waals surface area contributed by atoms with E-state index in [1.807, 2.05) is 24.3 Å². The molecule has 0 fully saturated rings. The minimum atomic E-state index is -3.51. The lowest BCUT2D eigenvalue weighted by Crippen LogP contribution is -2.38. The Kier molecular flexibility index (Phi) is 7.20. The van der Waals surface area contributed by atoms with Gasteiger partial charge in [0.05, 0.1) is 43.1 Å². The standard InChI is InChI=1S/C19H21N3O4S/c1-27(24,25)22(17-9-7-16(15-20)8-10-17)13-12-21-19(23)11-14-26-18-5-3-2-4-6-18/h2-10H,11-14H2,1H3,(H,21,23). The van der Waals surface area contributed by atoms with Crippen molar-refractivity contribution < 1.29 is 17.9 Å². The van der Waals surface area contributed by atoms with Crippen LogP contribution in [0.1, 0.15) is 12.0 Å². The Morgan fingerprint density at radius 3 is 2.41 bits per heavy atom. The summed E-state index contributed by atoms with van der Waals surface area (Å²) < 4.78 is 30.7. The highest BCUT2D eigenvalue weighted by molar-refractivity contribution is 7.92. The van der Waals surface area contributed by atoms with Crippen LogP contribution in [0.2, 0.25) is 0 Å². The van der Waals surface area contributed by atoms with Gasteiger partial charge in [-0.15, -0.1) is 0 Å². The summed E-state index contributed by atoms with van der Waals surface area (Å²) in [6.45, 7) is 0.495. The fraction of sp³-hybridized carbons (Fsp3) is 0.263. The fourth-order valence-electron chi connectivity index (χ4n) is 2.35. The summed E-state index contributed by atoms with van der Waals surface area (Å²) in [5.74, 6) is 0.466. The molecule has 2 aromatic carbocycles. The topological polar surface area (TPSA) is 99.5 Å². The van der Waals surface area contributed by atoms with Crippen molar-refractivity contribution in [3.8, 4) is 11.8 Å². The Morgan fingerprint density at radius 2 is 1.81 bits per heavy atom. The molecule has 8 heteroatoms. The number of anilines is 1. The van der Waals surface area contributed by atoms with Crippen LogP contribution in [0.3, 0.4) is 0 Å². The Morgan fingerprint density at radius 1 is 1.15 bits per heavy atom. The van der Waals surface area contributed by atoms with E-state index >= 15 is 0 Å². The summed E-state index contributed by atoms with van der Waals surface area (Å²) in [5, 5.41) is 11.5. The first-order chi connectivity index (χ1) is 12.9. The first-order valence-electron chi connectivity index (χ1n) is 8.32. The molecule has 0 bridgehead atoms. The molecule has 0 aliphatic heterocycles. The number of para-hydroxylation sites is 1. The first-order valence-corrected chi connectivity index (χ1v) is 10.2. The maximum absolute atomic E-state index is 12.0. The summed E-state index contributed by atoms with van der Waals surface area (Å²) >= 11 is 0. The molecular formula is C19H21N3O4S. The van der Waals surface area contributed by atoms with E-state index in [9.17, 15) is 13.2 Å². The van der Waals surface area contributed by atoms with Crippen molar-refractivity contribution in [2.45, 2.75) is 6.42 Å². The number of sulfonamides is 1. The van der Waals surface area contributed by atoms with E-state index in [-0.39, 0.29) is 32.0 Å². The molecule has 0 saturated carbocycles. The molecule has 142 valence electrons. The van der Waals surface area contributed by atoms with Crippen LogP contribution in [0, 0.1) is 11.3 Å². The third-order valence-corrected chi connectivity index (χ3v) is 4.86. The van der Waals surface area contributed by atoms with E-state index in [1.54, 1.807) is 36.4 Å². The molecule has 0 aromatic heterocycles. The molecule has 0 aliphatic rings. The van der Waals surface area contributed by atoms with Crippen molar-refractivity contribution in [1.82, 2.24) is 5.32 Å². The van der Waals surface area contributed by atoms with Gasteiger partial charge in [0.25, 0.3) is 0 Å². The number of hydrogen-bond donors (Lipinski definition) is 1. The van der Waals surface area contributed by atoms with Crippen molar-refractivity contribution in [2.75, 3.05) is 30.3 Å². The molecule has 1 amide bonds. The second-order valence-electron chi connectivity index (χ2n) is 5.76. The Balaban J connectivity index is 1.82. The number of ether oxygens (including phenoxy) is 1. The Hall–Kier alpha value is -3.05. The van der Waals surface area contributed by atoms with E-state index in [2.05, 4.69) is 5.32 Å². The highest BCUT2D eigenvalue weighted by atomic mass is 32.2. The van der Waals surface area contributed by atoms with Crippen LogP contribution in [0.15, 0.2) is 54.6 Å². The van der Waals surface area contributed by atoms with Gasteiger partial charge < -0.3 is 10.1 Å². The molecule has 27 heavy (non-hydrogen) atoms. The Bertz CT molecular complexity index is 891. The molecule has 0 spiro atoms. The van der Waals surface area contributed by atoms with Crippen molar-refractivity contribution >= 4 is 21.6 Å². The van der Waals surface area contributed by atoms with Crippen LogP contribution >= 0.6 is 0 Å². The predicted octanol–water partition coefficient (Wildman–Crippen LogP) is 1.91. The van der Waals surface area contributed by atoms with Gasteiger partial charge in [-0.2, -0.15) is 5.26 Å². The highest BCUT2D eigenvalue weighted by Gasteiger charge is 2.17. The summed E-state index contributed by atoms with van der Waals surface area (Å²) in [6.07, 6.45) is 1.27. The SMILES string of the molecule is CS(=O)(=O)N(CCNC(=O)CCOc1ccccc1)c1ccc(C#N)cc1. The van der Waals surface area contributed by atoms with E-state index in [4.69, 9.17) is 10.00 Å². The lowest BCUT2D eigenvalue weighted by molar-refractivity contribution is -0.121. The van der Waals surface area contributed by atoms with E-state index in [0.29, 0.717) is 17.0 Å². The molecule has 0 atom stereocenters. The lowest BCUT2D eigenvalue weighted by atomic mass is 10.2. The zero-order valence-electron chi connectivity index (χ0n) is 15.0. The second kappa shape index (κ2) is 9.59. The van der Waals surface area contributed by atoms with Crippen molar-refractivity contribution in [3.63, 3.8) is 0 Å². The molecule has 0 radical (unpaired) electrons. The maximum atomic E-state index is 12.0. The van der Waals surface area contributed by atoms with Gasteiger partial charge in [-0.25, -0.2) is 8.42 Å². The number of amides is 1. The quantitative estimate of drug-likeness (QED) is 0.708. The van der Waals surface area contributed by atoms with Gasteiger partial charge in [0, 0.05) is 6.54 Å². The minimum absolute atomic E-state index is 0.0933. The van der Waals surface area contributed by atoms with Crippen LogP contribution < -0.4 is 14.4 Å². The van der Waals surface area contributed by atoms with Gasteiger partial charge in [0.2, 0.25) is 15.9 Å². The number of benzene rings is 2. The number of rotatable bonds is 9. The van der Waals surface area contributed by atoms with Crippen molar-refractivity contribution in [3.05, 3.63) is 60.2 Å². The zero-order valence-corrected chi connectivity index (χ0v) is 15.8. The summed E-state index contributed by atoms with van der Waals surface area (Å²) in [6, 6.07) is 17.4. The predicted molar refractivity (Wildman–Crippen MR) is 103 cm³/mol. The minimum Gasteiger partial charge on any atom is -0.493 e. The number of hydrogen-bond acceptors (Lipinski definition) is 5. The number of nitrogens with one attached hydrogen (secondary N) is 1. The normalized spacial score (nSPS) is 10.7. The van der Waals surface area contributed by atoms with E-state index in [0.717, 1.165) is 6.26 Å². The molecular weight excluding hydrogens is 366 g/mol. The summed E-state index contributed by atoms with van der Waals surface area (Å²) in [4.78, 5) is 11.9. The van der Waals surface area contributed by atoms with Crippen molar-refractivity contribution in [2.24, 2.45) is 0 Å². The van der Waals surface area contributed by atoms with Crippen LogP contribution in [0.25, 0.3) is 0 Å². The number of nitrogens with zero attached hydrogens (tertiary/aromatic N) is 2. The van der Waals surface area contributed by atoms with Crippen LogP contribution in [-0.2, 0) is 14.8 Å². The van der Waals surface area contributed by atoms with Crippen molar-refractivity contribution in [1.29, 1.82) is 5.26 Å². The second-order valence-corrected chi connectivity index (χ2v) is 7.66. The van der Waals surface area contributed by atoms with Crippen LogP contribution in [0.4, 0.5) is 5.69 Å². The smallest absolute Gasteiger partial charge is 0.232 e. The van der Waals surface area contributed by atoms with Gasteiger partial charge in [0.15, 0.2) is 0 Å². The van der Waals surface area contributed by atoms with Gasteiger partial charge in [-0.3, -0.25) is 9.10 Å². The first kappa shape index (κ1) is 20.3. The Labute approximate surface area is 159 Å². The summed E-state index contributed by atoms with van der Waals surface area (Å²) in [7, 11) is -3.51. The highest BCUT2D eigenvalue weighted by Crippen LogP contribution is 2.17. The van der Waals surface area contributed by atoms with Gasteiger partial charge >= 0.3 is 0 Å². The third kappa shape index (κ3) is 6.64. The molecule has 2 rings (SSSR count). The molecule has 0 saturated heterocycles. The number of carbonyl (C=O) groups excluding carboxylic acids is 1. The van der Waals surface area contributed by atoms with Gasteiger partial charge in [0.1, 0.15) is 5.75 Å². The maximum Gasteiger partial charge on any atom is 0.232 e. The summed E-state index contributed by atoms with van der Waals surface area (Å²) in [5.41, 5.74) is 0.886. The average Bonchev–Trinajstić information content (AvgIpc) is 2.65. The molecule has 0 unspecified atom stereocenters. The zero-order chi connectivity index (χ0) is 19.7. The van der Waals surface area contributed by atoms with E-state index in [1.165, 1.54) is 4.31 Å². The van der Waals surface area contributed by atoms with Crippen LogP contribution in [0.5, 0.6) is 5.75 Å². The average molecular weight is 387 g/mol. The van der Waals surface area contributed by atoms with E-state index < -0.39 is 10.0 Å². The number of carbonyl (C=O) groups is 1. The molecule has 7 nitrogen and oxygen atoms in total. The molecule has 0 aliphatic carbocycles. The lowest BCUT2D eigenvalue weighted by Gasteiger charge is -2.22. The molecule has 0 heterocycles. The fourth-order valence-corrected chi connectivity index (χ4v) is 3.28. The largest absolute Gasteiger partial charge is 0.493 e.